The molecule has 144 valence electrons. The second kappa shape index (κ2) is 9.27. The van der Waals surface area contributed by atoms with Gasteiger partial charge in [-0.3, -0.25) is 9.78 Å². The van der Waals surface area contributed by atoms with Crippen molar-refractivity contribution in [1.29, 1.82) is 0 Å². The lowest BCUT2D eigenvalue weighted by Gasteiger charge is -2.25. The standard InChI is InChI=1S/C19H25N5O3/c1-14-11-18(25)23-17(22-14)7-9-21-19(26)24(13-16-6-4-10-27-16)12-15-5-2-3-8-20-15/h2-3,5,8,11,16H,4,6-7,9-10,12-13H2,1H3,(H,21,26)(H,22,23,25)/t16-/m0/s1. The number of aromatic amines is 1. The quantitative estimate of drug-likeness (QED) is 0.766. The molecular weight excluding hydrogens is 346 g/mol. The number of nitrogens with zero attached hydrogens (tertiary/aromatic N) is 3. The third kappa shape index (κ3) is 5.89. The van der Waals surface area contributed by atoms with Crippen LogP contribution < -0.4 is 10.9 Å². The molecule has 2 aromatic rings. The van der Waals surface area contributed by atoms with Crippen LogP contribution in [0.15, 0.2) is 35.3 Å². The Labute approximate surface area is 158 Å². The topological polar surface area (TPSA) is 100 Å². The maximum absolute atomic E-state index is 12.7. The molecule has 27 heavy (non-hydrogen) atoms. The van der Waals surface area contributed by atoms with Crippen molar-refractivity contribution < 1.29 is 9.53 Å². The zero-order valence-electron chi connectivity index (χ0n) is 15.5. The van der Waals surface area contributed by atoms with E-state index in [0.717, 1.165) is 25.1 Å². The number of amides is 2. The van der Waals surface area contributed by atoms with Crippen molar-refractivity contribution in [3.05, 3.63) is 58.0 Å². The van der Waals surface area contributed by atoms with E-state index >= 15 is 0 Å². The van der Waals surface area contributed by atoms with E-state index in [1.165, 1.54) is 6.07 Å². The predicted octanol–water partition coefficient (Wildman–Crippen LogP) is 1.41. The Bertz CT molecular complexity index is 802. The summed E-state index contributed by atoms with van der Waals surface area (Å²) in [5, 5.41) is 2.91. The first-order chi connectivity index (χ1) is 13.1. The molecule has 1 saturated heterocycles. The van der Waals surface area contributed by atoms with Gasteiger partial charge in [0, 0.05) is 44.1 Å². The summed E-state index contributed by atoms with van der Waals surface area (Å²) < 4.78 is 5.68. The van der Waals surface area contributed by atoms with Crippen molar-refractivity contribution in [2.45, 2.75) is 38.8 Å². The molecule has 2 N–H and O–H groups in total. The fourth-order valence-electron chi connectivity index (χ4n) is 3.10. The van der Waals surface area contributed by atoms with Crippen molar-refractivity contribution in [3.8, 4) is 0 Å². The normalized spacial score (nSPS) is 16.3. The molecule has 1 fully saturated rings. The molecular formula is C19H25N5O3. The molecule has 0 spiro atoms. The molecule has 0 bridgehead atoms. The molecule has 1 aliphatic rings. The third-order valence-electron chi connectivity index (χ3n) is 4.37. The zero-order valence-corrected chi connectivity index (χ0v) is 15.5. The Morgan fingerprint density at radius 3 is 3.04 bits per heavy atom. The minimum Gasteiger partial charge on any atom is -0.376 e. The van der Waals surface area contributed by atoms with Crippen LogP contribution in [0.1, 0.15) is 30.1 Å². The van der Waals surface area contributed by atoms with Gasteiger partial charge in [-0.1, -0.05) is 6.07 Å². The summed E-state index contributed by atoms with van der Waals surface area (Å²) in [5.41, 5.74) is 1.31. The van der Waals surface area contributed by atoms with Crippen LogP contribution in [0, 0.1) is 6.92 Å². The van der Waals surface area contributed by atoms with Crippen molar-refractivity contribution in [2.24, 2.45) is 0 Å². The van der Waals surface area contributed by atoms with Gasteiger partial charge in [0.05, 0.1) is 18.3 Å². The summed E-state index contributed by atoms with van der Waals surface area (Å²) in [6, 6.07) is 6.93. The van der Waals surface area contributed by atoms with Gasteiger partial charge < -0.3 is 19.9 Å². The van der Waals surface area contributed by atoms with Gasteiger partial charge in [0.25, 0.3) is 5.56 Å². The van der Waals surface area contributed by atoms with Gasteiger partial charge in [0.15, 0.2) is 0 Å². The smallest absolute Gasteiger partial charge is 0.317 e. The highest BCUT2D eigenvalue weighted by atomic mass is 16.5. The SMILES string of the molecule is Cc1cc(=O)[nH]c(CCNC(=O)N(Cc2ccccn2)C[C@@H]2CCCO2)n1. The summed E-state index contributed by atoms with van der Waals surface area (Å²) >= 11 is 0. The van der Waals surface area contributed by atoms with Crippen molar-refractivity contribution >= 4 is 6.03 Å². The Kier molecular flexibility index (Phi) is 6.54. The maximum Gasteiger partial charge on any atom is 0.317 e. The summed E-state index contributed by atoms with van der Waals surface area (Å²) in [5.74, 6) is 0.565. The first-order valence-corrected chi connectivity index (χ1v) is 9.21. The zero-order chi connectivity index (χ0) is 19.1. The van der Waals surface area contributed by atoms with Crippen LogP contribution in [0.4, 0.5) is 4.79 Å². The van der Waals surface area contributed by atoms with Gasteiger partial charge >= 0.3 is 6.03 Å². The van der Waals surface area contributed by atoms with E-state index in [0.29, 0.717) is 37.6 Å². The van der Waals surface area contributed by atoms with Gasteiger partial charge in [-0.2, -0.15) is 0 Å². The number of H-pyrrole nitrogens is 1. The fraction of sp³-hybridized carbons (Fsp3) is 0.474. The first kappa shape index (κ1) is 19.0. The Morgan fingerprint density at radius 1 is 1.44 bits per heavy atom. The first-order valence-electron chi connectivity index (χ1n) is 9.21. The second-order valence-corrected chi connectivity index (χ2v) is 6.65. The number of urea groups is 1. The number of nitrogens with one attached hydrogen (secondary N) is 2. The average Bonchev–Trinajstić information content (AvgIpc) is 3.14. The third-order valence-corrected chi connectivity index (χ3v) is 4.37. The summed E-state index contributed by atoms with van der Waals surface area (Å²) in [6.07, 6.45) is 4.22. The van der Waals surface area contributed by atoms with Crippen molar-refractivity contribution in [3.63, 3.8) is 0 Å². The number of ether oxygens (including phenoxy) is 1. The molecule has 3 rings (SSSR count). The van der Waals surface area contributed by atoms with E-state index in [1.807, 2.05) is 18.2 Å². The Morgan fingerprint density at radius 2 is 2.33 bits per heavy atom. The van der Waals surface area contributed by atoms with Gasteiger partial charge in [0.2, 0.25) is 0 Å². The molecule has 0 unspecified atom stereocenters. The maximum atomic E-state index is 12.7. The highest BCUT2D eigenvalue weighted by Crippen LogP contribution is 2.14. The molecule has 0 aromatic carbocycles. The minimum absolute atomic E-state index is 0.0641. The number of hydrogen-bond acceptors (Lipinski definition) is 5. The van der Waals surface area contributed by atoms with E-state index in [4.69, 9.17) is 4.74 Å². The molecule has 3 heterocycles. The van der Waals surface area contributed by atoms with E-state index in [1.54, 1.807) is 18.0 Å². The summed E-state index contributed by atoms with van der Waals surface area (Å²) in [4.78, 5) is 37.2. The molecule has 0 saturated carbocycles. The second-order valence-electron chi connectivity index (χ2n) is 6.65. The van der Waals surface area contributed by atoms with Crippen molar-refractivity contribution in [1.82, 2.24) is 25.2 Å². The number of hydrogen-bond donors (Lipinski definition) is 2. The number of rotatable bonds is 7. The molecule has 8 nitrogen and oxygen atoms in total. The molecule has 1 atom stereocenters. The highest BCUT2D eigenvalue weighted by molar-refractivity contribution is 5.74. The fourth-order valence-corrected chi connectivity index (χ4v) is 3.10. The van der Waals surface area contributed by atoms with Crippen LogP contribution in [-0.2, 0) is 17.7 Å². The van der Waals surface area contributed by atoms with Gasteiger partial charge in [-0.05, 0) is 31.9 Å². The predicted molar refractivity (Wildman–Crippen MR) is 100 cm³/mol. The van der Waals surface area contributed by atoms with Crippen LogP contribution in [0.3, 0.4) is 0 Å². The monoisotopic (exact) mass is 371 g/mol. The van der Waals surface area contributed by atoms with Crippen molar-refractivity contribution in [2.75, 3.05) is 19.7 Å². The lowest BCUT2D eigenvalue weighted by Crippen LogP contribution is -2.44. The van der Waals surface area contributed by atoms with Crippen LogP contribution in [0.2, 0.25) is 0 Å². The number of carbonyl (C=O) groups excluding carboxylic acids is 1. The van der Waals surface area contributed by atoms with Gasteiger partial charge in [-0.15, -0.1) is 0 Å². The van der Waals surface area contributed by atoms with E-state index in [9.17, 15) is 9.59 Å². The van der Waals surface area contributed by atoms with Crippen LogP contribution in [0.25, 0.3) is 0 Å². The van der Waals surface area contributed by atoms with Crippen LogP contribution >= 0.6 is 0 Å². The molecule has 8 heteroatoms. The molecule has 2 aromatic heterocycles. The number of carbonyl (C=O) groups is 1. The molecule has 1 aliphatic heterocycles. The summed E-state index contributed by atoms with van der Waals surface area (Å²) in [6.45, 7) is 3.85. The van der Waals surface area contributed by atoms with E-state index < -0.39 is 0 Å². The average molecular weight is 371 g/mol. The molecule has 0 radical (unpaired) electrons. The number of pyridine rings is 1. The number of aryl methyl sites for hydroxylation is 1. The molecule has 2 amide bonds. The van der Waals surface area contributed by atoms with Gasteiger partial charge in [-0.25, -0.2) is 9.78 Å². The van der Waals surface area contributed by atoms with Crippen LogP contribution in [0.5, 0.6) is 0 Å². The van der Waals surface area contributed by atoms with E-state index in [-0.39, 0.29) is 17.7 Å². The van der Waals surface area contributed by atoms with E-state index in [2.05, 4.69) is 20.3 Å². The van der Waals surface area contributed by atoms with Crippen LogP contribution in [-0.4, -0.2) is 51.7 Å². The Balaban J connectivity index is 1.58. The lowest BCUT2D eigenvalue weighted by molar-refractivity contribution is 0.0792. The summed E-state index contributed by atoms with van der Waals surface area (Å²) in [7, 11) is 0. The number of aromatic nitrogens is 3. The molecule has 0 aliphatic carbocycles. The van der Waals surface area contributed by atoms with Gasteiger partial charge in [0.1, 0.15) is 5.82 Å². The Hall–Kier alpha value is -2.74. The largest absolute Gasteiger partial charge is 0.376 e. The highest BCUT2D eigenvalue weighted by Gasteiger charge is 2.23. The minimum atomic E-state index is -0.181. The lowest BCUT2D eigenvalue weighted by atomic mass is 10.2.